The van der Waals surface area contributed by atoms with E-state index in [-0.39, 0.29) is 30.6 Å². The van der Waals surface area contributed by atoms with E-state index in [2.05, 4.69) is 20.3 Å². The first-order chi connectivity index (χ1) is 16.5. The summed E-state index contributed by atoms with van der Waals surface area (Å²) >= 11 is 0. The Labute approximate surface area is 194 Å². The highest BCUT2D eigenvalue weighted by Crippen LogP contribution is 2.44. The molecule has 1 aliphatic heterocycles. The third kappa shape index (κ3) is 3.98. The predicted molar refractivity (Wildman–Crippen MR) is 119 cm³/mol. The van der Waals surface area contributed by atoms with Crippen LogP contribution in [0.5, 0.6) is 0 Å². The van der Waals surface area contributed by atoms with Crippen LogP contribution < -0.4 is 5.32 Å². The summed E-state index contributed by atoms with van der Waals surface area (Å²) in [6, 6.07) is 16.0. The van der Waals surface area contributed by atoms with Crippen molar-refractivity contribution in [3.8, 4) is 11.1 Å². The summed E-state index contributed by atoms with van der Waals surface area (Å²) in [5.74, 6) is -2.43. The number of hydrogen-bond donors (Lipinski definition) is 2. The molecule has 1 aliphatic carbocycles. The molecule has 174 valence electrons. The maximum atomic E-state index is 12.9. The second-order valence-corrected chi connectivity index (χ2v) is 8.34. The van der Waals surface area contributed by atoms with Crippen LogP contribution in [0.1, 0.15) is 40.4 Å². The van der Waals surface area contributed by atoms with Crippen molar-refractivity contribution in [2.24, 2.45) is 5.92 Å². The van der Waals surface area contributed by atoms with Crippen LogP contribution in [0.15, 0.2) is 53.2 Å². The van der Waals surface area contributed by atoms with Gasteiger partial charge in [0.2, 0.25) is 11.5 Å². The second-order valence-electron chi connectivity index (χ2n) is 8.34. The SMILES string of the molecule is O=C(Nc1nonc1C(=O)N1CCCC(C(=O)O)C1)OCC1c2ccccc2-c2ccccc21. The van der Waals surface area contributed by atoms with Crippen molar-refractivity contribution in [2.45, 2.75) is 18.8 Å². The van der Waals surface area contributed by atoms with Gasteiger partial charge in [0.05, 0.1) is 5.92 Å². The first-order valence-electron chi connectivity index (χ1n) is 11.0. The molecule has 2 amide bonds. The molecule has 10 nitrogen and oxygen atoms in total. The number of hydrogen-bond acceptors (Lipinski definition) is 7. The Hall–Kier alpha value is -4.21. The van der Waals surface area contributed by atoms with Crippen LogP contribution in [0.2, 0.25) is 0 Å². The van der Waals surface area contributed by atoms with E-state index < -0.39 is 23.9 Å². The number of carbonyl (C=O) groups excluding carboxylic acids is 2. The molecule has 2 aromatic carbocycles. The molecule has 0 bridgehead atoms. The number of aliphatic carboxylic acids is 1. The van der Waals surface area contributed by atoms with Crippen LogP contribution in [0.25, 0.3) is 11.1 Å². The lowest BCUT2D eigenvalue weighted by atomic mass is 9.98. The lowest BCUT2D eigenvalue weighted by molar-refractivity contribution is -0.143. The maximum absolute atomic E-state index is 12.9. The number of nitrogens with zero attached hydrogens (tertiary/aromatic N) is 3. The summed E-state index contributed by atoms with van der Waals surface area (Å²) in [5, 5.41) is 18.9. The predicted octanol–water partition coefficient (Wildman–Crippen LogP) is 3.37. The molecular formula is C24H22N4O6. The molecule has 2 aliphatic rings. The first kappa shape index (κ1) is 21.6. The first-order valence-corrected chi connectivity index (χ1v) is 11.0. The monoisotopic (exact) mass is 462 g/mol. The number of aromatic nitrogens is 2. The topological polar surface area (TPSA) is 135 Å². The highest BCUT2D eigenvalue weighted by molar-refractivity contribution is 5.99. The number of ether oxygens (including phenoxy) is 1. The number of carboxylic acids is 1. The molecule has 0 saturated carbocycles. The molecule has 1 atom stereocenters. The van der Waals surface area contributed by atoms with Gasteiger partial charge in [0.15, 0.2) is 0 Å². The molecule has 1 aromatic heterocycles. The summed E-state index contributed by atoms with van der Waals surface area (Å²) in [4.78, 5) is 38.1. The Kier molecular flexibility index (Phi) is 5.70. The fraction of sp³-hybridized carbons (Fsp3) is 0.292. The zero-order chi connectivity index (χ0) is 23.7. The van der Waals surface area contributed by atoms with Crippen LogP contribution in [0.4, 0.5) is 10.6 Å². The number of anilines is 1. The van der Waals surface area contributed by atoms with Crippen molar-refractivity contribution in [1.82, 2.24) is 15.2 Å². The van der Waals surface area contributed by atoms with E-state index in [0.29, 0.717) is 19.4 Å². The van der Waals surface area contributed by atoms with E-state index >= 15 is 0 Å². The summed E-state index contributed by atoms with van der Waals surface area (Å²) in [6.45, 7) is 0.548. The number of carboxylic acid groups (broad SMARTS) is 1. The Balaban J connectivity index is 1.25. The molecule has 5 rings (SSSR count). The van der Waals surface area contributed by atoms with Gasteiger partial charge in [-0.25, -0.2) is 9.42 Å². The van der Waals surface area contributed by atoms with E-state index in [1.165, 1.54) is 4.90 Å². The smallest absolute Gasteiger partial charge is 0.412 e. The lowest BCUT2D eigenvalue weighted by Gasteiger charge is -2.30. The van der Waals surface area contributed by atoms with Gasteiger partial charge in [-0.3, -0.25) is 14.9 Å². The number of fused-ring (bicyclic) bond motifs is 3. The van der Waals surface area contributed by atoms with Gasteiger partial charge in [-0.15, -0.1) is 0 Å². The molecule has 2 heterocycles. The molecule has 34 heavy (non-hydrogen) atoms. The maximum Gasteiger partial charge on any atom is 0.412 e. The molecule has 1 saturated heterocycles. The van der Waals surface area contributed by atoms with Gasteiger partial charge >= 0.3 is 12.1 Å². The summed E-state index contributed by atoms with van der Waals surface area (Å²) in [7, 11) is 0. The van der Waals surface area contributed by atoms with E-state index in [4.69, 9.17) is 4.74 Å². The van der Waals surface area contributed by atoms with E-state index in [0.717, 1.165) is 22.3 Å². The summed E-state index contributed by atoms with van der Waals surface area (Å²) < 4.78 is 10.1. The Morgan fingerprint density at radius 2 is 1.74 bits per heavy atom. The summed E-state index contributed by atoms with van der Waals surface area (Å²) in [6.07, 6.45) is 0.262. The minimum Gasteiger partial charge on any atom is -0.481 e. The molecule has 1 unspecified atom stereocenters. The number of likely N-dealkylation sites (tertiary alicyclic amines) is 1. The Morgan fingerprint density at radius 3 is 2.41 bits per heavy atom. The third-order valence-corrected chi connectivity index (χ3v) is 6.31. The number of rotatable bonds is 5. The van der Waals surface area contributed by atoms with Gasteiger partial charge in [-0.2, -0.15) is 0 Å². The normalized spacial score (nSPS) is 17.1. The van der Waals surface area contributed by atoms with Gasteiger partial charge < -0.3 is 14.7 Å². The molecule has 1 fully saturated rings. The van der Waals surface area contributed by atoms with Crippen molar-refractivity contribution in [2.75, 3.05) is 25.0 Å². The zero-order valence-electron chi connectivity index (χ0n) is 18.1. The van der Waals surface area contributed by atoms with Gasteiger partial charge in [0, 0.05) is 19.0 Å². The number of nitrogens with one attached hydrogen (secondary N) is 1. The van der Waals surface area contributed by atoms with Crippen LogP contribution in [-0.4, -0.2) is 58.0 Å². The van der Waals surface area contributed by atoms with E-state index in [9.17, 15) is 19.5 Å². The number of benzene rings is 2. The minimum absolute atomic E-state index is 0.0609. The standard InChI is InChI=1S/C24H22N4O6/c29-22(28-11-5-6-14(12-28)23(30)31)20-21(27-34-26-20)25-24(32)33-13-19-17-9-3-1-7-15(17)16-8-2-4-10-18(16)19/h1-4,7-10,14,19H,5-6,11-13H2,(H,30,31)(H,25,27,32). The second kappa shape index (κ2) is 8.97. The molecule has 0 spiro atoms. The molecule has 0 radical (unpaired) electrons. The van der Waals surface area contributed by atoms with Gasteiger partial charge in [-0.05, 0) is 45.4 Å². The van der Waals surface area contributed by atoms with Gasteiger partial charge in [0.25, 0.3) is 5.91 Å². The Bertz CT molecular complexity index is 1210. The van der Waals surface area contributed by atoms with Crippen LogP contribution in [0.3, 0.4) is 0 Å². The fourth-order valence-electron chi connectivity index (χ4n) is 4.66. The number of carbonyl (C=O) groups is 3. The van der Waals surface area contributed by atoms with Gasteiger partial charge in [0.1, 0.15) is 6.61 Å². The fourth-order valence-corrected chi connectivity index (χ4v) is 4.66. The van der Waals surface area contributed by atoms with Crippen molar-refractivity contribution in [1.29, 1.82) is 0 Å². The van der Waals surface area contributed by atoms with Crippen molar-refractivity contribution < 1.29 is 28.9 Å². The third-order valence-electron chi connectivity index (χ3n) is 6.31. The average Bonchev–Trinajstić information content (AvgIpc) is 3.44. The van der Waals surface area contributed by atoms with E-state index in [1.54, 1.807) is 0 Å². The minimum atomic E-state index is -0.951. The van der Waals surface area contributed by atoms with Crippen LogP contribution >= 0.6 is 0 Å². The van der Waals surface area contributed by atoms with Crippen LogP contribution in [-0.2, 0) is 9.53 Å². The zero-order valence-corrected chi connectivity index (χ0v) is 18.1. The highest BCUT2D eigenvalue weighted by atomic mass is 16.6. The molecule has 3 aromatic rings. The molecule has 2 N–H and O–H groups in total. The van der Waals surface area contributed by atoms with Gasteiger partial charge in [-0.1, -0.05) is 48.5 Å². The van der Waals surface area contributed by atoms with Crippen molar-refractivity contribution >= 4 is 23.8 Å². The average molecular weight is 462 g/mol. The van der Waals surface area contributed by atoms with Crippen molar-refractivity contribution in [3.05, 3.63) is 65.4 Å². The lowest BCUT2D eigenvalue weighted by Crippen LogP contribution is -2.42. The highest BCUT2D eigenvalue weighted by Gasteiger charge is 2.33. The quantitative estimate of drug-likeness (QED) is 0.589. The van der Waals surface area contributed by atoms with E-state index in [1.807, 2.05) is 48.5 Å². The number of piperidine rings is 1. The Morgan fingerprint density at radius 1 is 1.06 bits per heavy atom. The number of amides is 2. The largest absolute Gasteiger partial charge is 0.481 e. The van der Waals surface area contributed by atoms with Crippen molar-refractivity contribution in [3.63, 3.8) is 0 Å². The summed E-state index contributed by atoms with van der Waals surface area (Å²) in [5.41, 5.74) is 4.19. The molecule has 10 heteroatoms. The van der Waals surface area contributed by atoms with Crippen LogP contribution in [0, 0.1) is 5.92 Å². The molecular weight excluding hydrogens is 440 g/mol.